The molecule has 2 fully saturated rings. The molecule has 3 atom stereocenters. The van der Waals surface area contributed by atoms with E-state index in [4.69, 9.17) is 10.5 Å². The molecule has 1 saturated heterocycles. The first-order valence-corrected chi connectivity index (χ1v) is 7.42. The van der Waals surface area contributed by atoms with Crippen molar-refractivity contribution in [2.45, 2.75) is 44.2 Å². The zero-order valence-corrected chi connectivity index (χ0v) is 12.3. The van der Waals surface area contributed by atoms with Gasteiger partial charge in [-0.2, -0.15) is 0 Å². The Balaban J connectivity index is 1.90. The number of nitrogens with two attached hydrogens (primary N) is 1. The van der Waals surface area contributed by atoms with Crippen LogP contribution in [0.15, 0.2) is 0 Å². The number of nitrogens with one attached hydrogen (secondary N) is 2. The summed E-state index contributed by atoms with van der Waals surface area (Å²) in [7, 11) is 1.26. The summed E-state index contributed by atoms with van der Waals surface area (Å²) in [5.74, 6) is -0.713. The van der Waals surface area contributed by atoms with E-state index in [1.807, 2.05) is 0 Å². The van der Waals surface area contributed by atoms with Crippen LogP contribution in [0, 0.1) is 11.8 Å². The second kappa shape index (κ2) is 6.89. The third-order valence-corrected chi connectivity index (χ3v) is 4.11. The van der Waals surface area contributed by atoms with E-state index in [1.165, 1.54) is 7.11 Å². The third kappa shape index (κ3) is 4.42. The van der Waals surface area contributed by atoms with Crippen molar-refractivity contribution in [3.8, 4) is 0 Å². The van der Waals surface area contributed by atoms with Gasteiger partial charge in [-0.1, -0.05) is 12.8 Å². The van der Waals surface area contributed by atoms with Crippen LogP contribution in [0.1, 0.15) is 32.1 Å². The van der Waals surface area contributed by atoms with Gasteiger partial charge in [0.1, 0.15) is 6.04 Å². The molecule has 1 aliphatic carbocycles. The molecule has 0 spiro atoms. The zero-order valence-electron chi connectivity index (χ0n) is 12.3. The van der Waals surface area contributed by atoms with Gasteiger partial charge in [0.25, 0.3) is 0 Å². The number of rotatable bonds is 7. The maximum Gasteiger partial charge on any atom is 0.328 e. The lowest BCUT2D eigenvalue weighted by atomic mass is 9.98. The molecule has 0 aromatic rings. The molecule has 1 aliphatic heterocycles. The Hall–Kier alpha value is -1.63. The Morgan fingerprint density at radius 1 is 1.38 bits per heavy atom. The fraction of sp³-hybridized carbons (Fsp3) is 0.786. The van der Waals surface area contributed by atoms with Crippen LogP contribution in [0.3, 0.4) is 0 Å². The highest BCUT2D eigenvalue weighted by atomic mass is 16.5. The Bertz CT molecular complexity index is 422. The zero-order chi connectivity index (χ0) is 15.4. The summed E-state index contributed by atoms with van der Waals surface area (Å²) < 4.78 is 4.71. The number of carbonyl (C=O) groups excluding carboxylic acids is 3. The van der Waals surface area contributed by atoms with E-state index >= 15 is 0 Å². The quantitative estimate of drug-likeness (QED) is 0.538. The van der Waals surface area contributed by atoms with Crippen molar-refractivity contribution >= 4 is 17.8 Å². The fourth-order valence-electron chi connectivity index (χ4n) is 2.61. The van der Waals surface area contributed by atoms with Gasteiger partial charge in [-0.15, -0.1) is 0 Å². The minimum atomic E-state index is -0.818. The molecular weight excluding hydrogens is 274 g/mol. The topological polar surface area (TPSA) is 111 Å². The normalized spacial score (nSPS) is 24.1. The van der Waals surface area contributed by atoms with E-state index in [9.17, 15) is 14.4 Å². The van der Waals surface area contributed by atoms with Crippen LogP contribution in [-0.2, 0) is 19.1 Å². The van der Waals surface area contributed by atoms with Crippen LogP contribution >= 0.6 is 0 Å². The summed E-state index contributed by atoms with van der Waals surface area (Å²) in [4.78, 5) is 35.4. The number of hydrogen-bond acceptors (Lipinski definition) is 5. The molecule has 4 N–H and O–H groups in total. The van der Waals surface area contributed by atoms with Gasteiger partial charge in [-0.25, -0.2) is 4.79 Å². The smallest absolute Gasteiger partial charge is 0.328 e. The molecule has 2 rings (SSSR count). The van der Waals surface area contributed by atoms with E-state index in [1.54, 1.807) is 0 Å². The molecule has 0 bridgehead atoms. The van der Waals surface area contributed by atoms with Crippen molar-refractivity contribution in [1.29, 1.82) is 0 Å². The summed E-state index contributed by atoms with van der Waals surface area (Å²) in [6, 6.07) is -1.43. The fourth-order valence-corrected chi connectivity index (χ4v) is 2.61. The molecule has 1 saturated carbocycles. The molecule has 2 amide bonds. The van der Waals surface area contributed by atoms with Crippen LogP contribution in [0.25, 0.3) is 0 Å². The van der Waals surface area contributed by atoms with E-state index in [-0.39, 0.29) is 24.2 Å². The Labute approximate surface area is 124 Å². The number of hydrogen-bond donors (Lipinski definition) is 3. The molecular formula is C14H23N3O4. The predicted molar refractivity (Wildman–Crippen MR) is 75.0 cm³/mol. The molecule has 0 aromatic heterocycles. The van der Waals surface area contributed by atoms with Crippen LogP contribution in [0.5, 0.6) is 0 Å². The molecule has 0 radical (unpaired) electrons. The molecule has 7 heteroatoms. The second-order valence-corrected chi connectivity index (χ2v) is 5.88. The van der Waals surface area contributed by atoms with Crippen molar-refractivity contribution in [2.24, 2.45) is 17.6 Å². The second-order valence-electron chi connectivity index (χ2n) is 5.88. The molecule has 2 aliphatic rings. The number of carbonyl (C=O) groups is 3. The van der Waals surface area contributed by atoms with Crippen molar-refractivity contribution in [3.63, 3.8) is 0 Å². The Morgan fingerprint density at radius 2 is 2.10 bits per heavy atom. The largest absolute Gasteiger partial charge is 0.467 e. The summed E-state index contributed by atoms with van der Waals surface area (Å²) >= 11 is 0. The van der Waals surface area contributed by atoms with E-state index in [2.05, 4.69) is 10.6 Å². The number of amides is 2. The highest BCUT2D eigenvalue weighted by Gasteiger charge is 2.33. The monoisotopic (exact) mass is 297 g/mol. The SMILES string of the molecule is COC(=O)[C@H](C[C@@H]1CCNC1=O)NC(=O)C(N)CC1CC1. The third-order valence-electron chi connectivity index (χ3n) is 4.11. The molecule has 118 valence electrons. The first kappa shape index (κ1) is 15.8. The van der Waals surface area contributed by atoms with Crippen molar-refractivity contribution in [1.82, 2.24) is 10.6 Å². The summed E-state index contributed by atoms with van der Waals surface area (Å²) in [5, 5.41) is 5.34. The van der Waals surface area contributed by atoms with Gasteiger partial charge >= 0.3 is 5.97 Å². The molecule has 1 heterocycles. The van der Waals surface area contributed by atoms with Gasteiger partial charge < -0.3 is 21.1 Å². The summed E-state index contributed by atoms with van der Waals surface area (Å²) in [5.41, 5.74) is 5.84. The van der Waals surface area contributed by atoms with Gasteiger partial charge in [0.05, 0.1) is 13.2 Å². The number of esters is 1. The van der Waals surface area contributed by atoms with E-state index < -0.39 is 18.1 Å². The van der Waals surface area contributed by atoms with Crippen LogP contribution in [0.4, 0.5) is 0 Å². The number of methoxy groups -OCH3 is 1. The van der Waals surface area contributed by atoms with Gasteiger partial charge in [0, 0.05) is 12.5 Å². The molecule has 0 aromatic carbocycles. The lowest BCUT2D eigenvalue weighted by Crippen LogP contribution is -2.49. The Morgan fingerprint density at radius 3 is 2.62 bits per heavy atom. The minimum Gasteiger partial charge on any atom is -0.467 e. The number of ether oxygens (including phenoxy) is 1. The average molecular weight is 297 g/mol. The van der Waals surface area contributed by atoms with Crippen LogP contribution in [0.2, 0.25) is 0 Å². The lowest BCUT2D eigenvalue weighted by molar-refractivity contribution is -0.146. The Kier molecular flexibility index (Phi) is 5.17. The minimum absolute atomic E-state index is 0.0829. The molecule has 21 heavy (non-hydrogen) atoms. The highest BCUT2D eigenvalue weighted by Crippen LogP contribution is 2.33. The van der Waals surface area contributed by atoms with Gasteiger partial charge in [-0.3, -0.25) is 9.59 Å². The molecule has 1 unspecified atom stereocenters. The highest BCUT2D eigenvalue weighted by molar-refractivity contribution is 5.88. The van der Waals surface area contributed by atoms with Crippen LogP contribution < -0.4 is 16.4 Å². The van der Waals surface area contributed by atoms with Crippen molar-refractivity contribution < 1.29 is 19.1 Å². The first-order chi connectivity index (χ1) is 10.0. The maximum absolute atomic E-state index is 12.0. The predicted octanol–water partition coefficient (Wildman–Crippen LogP) is -0.702. The van der Waals surface area contributed by atoms with E-state index in [0.29, 0.717) is 25.3 Å². The standard InChI is InChI=1S/C14H23N3O4/c1-21-14(20)11(7-9-4-5-16-12(9)18)17-13(19)10(15)6-8-2-3-8/h8-11H,2-7,15H2,1H3,(H,16,18)(H,17,19)/t9-,10?,11-/m0/s1. The van der Waals surface area contributed by atoms with Crippen molar-refractivity contribution in [2.75, 3.05) is 13.7 Å². The summed E-state index contributed by atoms with van der Waals surface area (Å²) in [6.07, 6.45) is 3.79. The van der Waals surface area contributed by atoms with Gasteiger partial charge in [-0.05, 0) is 25.2 Å². The molecule has 7 nitrogen and oxygen atoms in total. The maximum atomic E-state index is 12.0. The van der Waals surface area contributed by atoms with Crippen LogP contribution in [-0.4, -0.2) is 43.5 Å². The summed E-state index contributed by atoms with van der Waals surface area (Å²) in [6.45, 7) is 0.604. The lowest BCUT2D eigenvalue weighted by Gasteiger charge is -2.21. The first-order valence-electron chi connectivity index (χ1n) is 7.42. The van der Waals surface area contributed by atoms with Gasteiger partial charge in [0.15, 0.2) is 0 Å². The van der Waals surface area contributed by atoms with E-state index in [0.717, 1.165) is 12.8 Å². The van der Waals surface area contributed by atoms with Crippen molar-refractivity contribution in [3.05, 3.63) is 0 Å². The average Bonchev–Trinajstić information content (AvgIpc) is 3.19. The van der Waals surface area contributed by atoms with Gasteiger partial charge in [0.2, 0.25) is 11.8 Å².